The van der Waals surface area contributed by atoms with Gasteiger partial charge in [-0.1, -0.05) is 31.4 Å². The highest BCUT2D eigenvalue weighted by Gasteiger charge is 2.50. The molecule has 1 saturated heterocycles. The van der Waals surface area contributed by atoms with E-state index >= 15 is 0 Å². The van der Waals surface area contributed by atoms with E-state index in [1.165, 1.54) is 12.1 Å². The Morgan fingerprint density at radius 1 is 1.22 bits per heavy atom. The number of para-hydroxylation sites is 1. The molecule has 1 aliphatic heterocycles. The first-order valence-electron chi connectivity index (χ1n) is 9.30. The molecule has 1 spiro atoms. The van der Waals surface area contributed by atoms with Crippen LogP contribution in [0.5, 0.6) is 5.75 Å². The van der Waals surface area contributed by atoms with Crippen LogP contribution in [-0.4, -0.2) is 48.0 Å². The second-order valence-corrected chi connectivity index (χ2v) is 6.91. The van der Waals surface area contributed by atoms with E-state index in [0.717, 1.165) is 24.2 Å². The number of ether oxygens (including phenoxy) is 1. The van der Waals surface area contributed by atoms with Gasteiger partial charge in [0.05, 0.1) is 6.54 Å². The quantitative estimate of drug-likeness (QED) is 0.562. The minimum Gasteiger partial charge on any atom is -0.489 e. The fourth-order valence-corrected chi connectivity index (χ4v) is 3.59. The first-order valence-corrected chi connectivity index (χ1v) is 9.30. The Balaban J connectivity index is 1.39. The van der Waals surface area contributed by atoms with Crippen molar-refractivity contribution in [3.05, 3.63) is 30.1 Å². The van der Waals surface area contributed by atoms with Crippen LogP contribution in [0, 0.1) is 5.82 Å². The number of nitrogens with one attached hydrogen (secondary N) is 2. The summed E-state index contributed by atoms with van der Waals surface area (Å²) in [6.45, 7) is 0.378. The zero-order chi connectivity index (χ0) is 19.3. The van der Waals surface area contributed by atoms with Gasteiger partial charge in [0.25, 0.3) is 5.91 Å². The molecule has 1 aromatic carbocycles. The zero-order valence-corrected chi connectivity index (χ0v) is 15.1. The van der Waals surface area contributed by atoms with E-state index < -0.39 is 17.4 Å². The topological polar surface area (TPSA) is 87.7 Å². The van der Waals surface area contributed by atoms with Gasteiger partial charge in [-0.25, -0.2) is 9.18 Å². The summed E-state index contributed by atoms with van der Waals surface area (Å²) in [5, 5.41) is 5.46. The van der Waals surface area contributed by atoms with Gasteiger partial charge in [0.1, 0.15) is 12.1 Å². The molecule has 4 amide bonds. The van der Waals surface area contributed by atoms with Gasteiger partial charge < -0.3 is 15.4 Å². The highest BCUT2D eigenvalue weighted by Crippen LogP contribution is 2.33. The number of carbonyl (C=O) groups excluding carboxylic acids is 3. The molecule has 3 rings (SSSR count). The summed E-state index contributed by atoms with van der Waals surface area (Å²) in [6, 6.07) is 5.62. The summed E-state index contributed by atoms with van der Waals surface area (Å²) in [5.41, 5.74) is -0.764. The second kappa shape index (κ2) is 8.37. The molecule has 8 heteroatoms. The smallest absolute Gasteiger partial charge is 0.325 e. The predicted molar refractivity (Wildman–Crippen MR) is 95.6 cm³/mol. The molecule has 146 valence electrons. The Morgan fingerprint density at radius 2 is 1.96 bits per heavy atom. The molecular weight excluding hydrogens is 353 g/mol. The van der Waals surface area contributed by atoms with Crippen LogP contribution in [0.4, 0.5) is 9.18 Å². The van der Waals surface area contributed by atoms with Crippen LogP contribution in [0.25, 0.3) is 0 Å². The number of carbonyl (C=O) groups is 3. The minimum absolute atomic E-state index is 0.0228. The second-order valence-electron chi connectivity index (χ2n) is 6.91. The van der Waals surface area contributed by atoms with E-state index in [1.54, 1.807) is 12.1 Å². The molecule has 1 saturated carbocycles. The summed E-state index contributed by atoms with van der Waals surface area (Å²) >= 11 is 0. The number of hydrogen-bond donors (Lipinski definition) is 2. The average molecular weight is 377 g/mol. The standard InChI is InChI=1S/C19H24FN3O4/c20-14-6-2-3-7-15(14)27-13-11-21-16(24)8-12-23-17(25)19(22-18(23)26)9-4-1-5-10-19/h2-3,6-7H,1,4-5,8-13H2,(H,21,24)(H,22,26). The van der Waals surface area contributed by atoms with Gasteiger partial charge in [-0.15, -0.1) is 0 Å². The lowest BCUT2D eigenvalue weighted by molar-refractivity contribution is -0.132. The summed E-state index contributed by atoms with van der Waals surface area (Å²) in [4.78, 5) is 37.8. The van der Waals surface area contributed by atoms with Crippen LogP contribution >= 0.6 is 0 Å². The van der Waals surface area contributed by atoms with E-state index in [2.05, 4.69) is 10.6 Å². The third-order valence-electron chi connectivity index (χ3n) is 5.03. The number of amides is 4. The van der Waals surface area contributed by atoms with Gasteiger partial charge in [-0.3, -0.25) is 14.5 Å². The first kappa shape index (κ1) is 19.1. The third-order valence-corrected chi connectivity index (χ3v) is 5.03. The monoisotopic (exact) mass is 377 g/mol. The first-order chi connectivity index (χ1) is 13.0. The molecule has 1 heterocycles. The number of halogens is 1. The lowest BCUT2D eigenvalue weighted by atomic mass is 9.82. The normalized spacial score (nSPS) is 18.5. The summed E-state index contributed by atoms with van der Waals surface area (Å²) in [7, 11) is 0. The molecule has 0 unspecified atom stereocenters. The maximum Gasteiger partial charge on any atom is 0.325 e. The van der Waals surface area contributed by atoms with Crippen molar-refractivity contribution in [1.82, 2.24) is 15.5 Å². The van der Waals surface area contributed by atoms with Gasteiger partial charge in [0.15, 0.2) is 11.6 Å². The minimum atomic E-state index is -0.764. The van der Waals surface area contributed by atoms with E-state index in [0.29, 0.717) is 12.8 Å². The van der Waals surface area contributed by atoms with Crippen LogP contribution in [0.1, 0.15) is 38.5 Å². The van der Waals surface area contributed by atoms with E-state index in [9.17, 15) is 18.8 Å². The number of hydrogen-bond acceptors (Lipinski definition) is 4. The third kappa shape index (κ3) is 4.37. The van der Waals surface area contributed by atoms with Gasteiger partial charge >= 0.3 is 6.03 Å². The van der Waals surface area contributed by atoms with Gasteiger partial charge in [-0.05, 0) is 25.0 Å². The molecule has 0 radical (unpaired) electrons. The van der Waals surface area contributed by atoms with Gasteiger partial charge in [0, 0.05) is 13.0 Å². The number of rotatable bonds is 7. The highest BCUT2D eigenvalue weighted by atomic mass is 19.1. The van der Waals surface area contributed by atoms with E-state index in [1.807, 2.05) is 0 Å². The lowest BCUT2D eigenvalue weighted by Gasteiger charge is -2.30. The van der Waals surface area contributed by atoms with Crippen LogP contribution < -0.4 is 15.4 Å². The maximum absolute atomic E-state index is 13.4. The van der Waals surface area contributed by atoms with Gasteiger partial charge in [0.2, 0.25) is 5.91 Å². The number of benzene rings is 1. The van der Waals surface area contributed by atoms with Crippen molar-refractivity contribution in [3.63, 3.8) is 0 Å². The van der Waals surface area contributed by atoms with Crippen molar-refractivity contribution < 1.29 is 23.5 Å². The number of urea groups is 1. The lowest BCUT2D eigenvalue weighted by Crippen LogP contribution is -2.48. The van der Waals surface area contributed by atoms with Gasteiger partial charge in [-0.2, -0.15) is 0 Å². The van der Waals surface area contributed by atoms with Crippen molar-refractivity contribution in [2.24, 2.45) is 0 Å². The Labute approximate surface area is 157 Å². The SMILES string of the molecule is O=C(CCN1C(=O)NC2(CCCCC2)C1=O)NCCOc1ccccc1F. The van der Waals surface area contributed by atoms with Crippen molar-refractivity contribution in [2.45, 2.75) is 44.1 Å². The molecule has 1 aromatic rings. The molecule has 7 nitrogen and oxygen atoms in total. The van der Waals surface area contributed by atoms with Crippen molar-refractivity contribution in [1.29, 1.82) is 0 Å². The molecule has 2 fully saturated rings. The summed E-state index contributed by atoms with van der Waals surface area (Å²) in [5.74, 6) is -0.844. The molecule has 0 aromatic heterocycles. The van der Waals surface area contributed by atoms with E-state index in [-0.39, 0.29) is 43.7 Å². The molecule has 0 atom stereocenters. The molecule has 27 heavy (non-hydrogen) atoms. The zero-order valence-electron chi connectivity index (χ0n) is 15.1. The molecule has 1 aliphatic carbocycles. The molecular formula is C19H24FN3O4. The van der Waals surface area contributed by atoms with E-state index in [4.69, 9.17) is 4.74 Å². The Morgan fingerprint density at radius 3 is 2.70 bits per heavy atom. The van der Waals surface area contributed by atoms with Crippen LogP contribution in [0.2, 0.25) is 0 Å². The Kier molecular flexibility index (Phi) is 5.93. The Bertz CT molecular complexity index is 719. The van der Waals surface area contributed by atoms with Crippen LogP contribution in [0.15, 0.2) is 24.3 Å². The average Bonchev–Trinajstić information content (AvgIpc) is 2.88. The number of nitrogens with zero attached hydrogens (tertiary/aromatic N) is 1. The van der Waals surface area contributed by atoms with Crippen LogP contribution in [-0.2, 0) is 9.59 Å². The molecule has 0 bridgehead atoms. The van der Waals surface area contributed by atoms with Crippen LogP contribution in [0.3, 0.4) is 0 Å². The number of imide groups is 1. The van der Waals surface area contributed by atoms with Crippen molar-refractivity contribution in [3.8, 4) is 5.75 Å². The summed E-state index contributed by atoms with van der Waals surface area (Å²) < 4.78 is 18.7. The van der Waals surface area contributed by atoms with Crippen molar-refractivity contribution >= 4 is 17.8 Å². The predicted octanol–water partition coefficient (Wildman–Crippen LogP) is 1.97. The maximum atomic E-state index is 13.4. The largest absolute Gasteiger partial charge is 0.489 e. The molecule has 2 aliphatic rings. The summed E-state index contributed by atoms with van der Waals surface area (Å²) in [6.07, 6.45) is 4.25. The van der Waals surface area contributed by atoms with Crippen molar-refractivity contribution in [2.75, 3.05) is 19.7 Å². The fraction of sp³-hybridized carbons (Fsp3) is 0.526. The molecule has 2 N–H and O–H groups in total. The Hall–Kier alpha value is -2.64. The highest BCUT2D eigenvalue weighted by molar-refractivity contribution is 6.07. The fourth-order valence-electron chi connectivity index (χ4n) is 3.59.